The van der Waals surface area contributed by atoms with Crippen LogP contribution in [0, 0.1) is 11.3 Å². The molecule has 2 fully saturated rings. The molecule has 1 saturated carbocycles. The van der Waals surface area contributed by atoms with Gasteiger partial charge in [0, 0.05) is 18.3 Å². The first-order chi connectivity index (χ1) is 15.2. The Balaban J connectivity index is 1.45. The van der Waals surface area contributed by atoms with Crippen molar-refractivity contribution in [1.82, 2.24) is 15.2 Å². The Morgan fingerprint density at radius 3 is 3.00 bits per heavy atom. The van der Waals surface area contributed by atoms with Gasteiger partial charge in [0.25, 0.3) is 0 Å². The highest BCUT2D eigenvalue weighted by atomic mass is 16.2. The molecule has 2 atom stereocenters. The molecule has 152 valence electrons. The zero-order valence-electron chi connectivity index (χ0n) is 16.7. The number of nitrogens with one attached hydrogen (secondary N) is 1. The summed E-state index contributed by atoms with van der Waals surface area (Å²) in [5, 5.41) is 20.0. The fourth-order valence-electron chi connectivity index (χ4n) is 5.08. The molecule has 8 heteroatoms. The van der Waals surface area contributed by atoms with E-state index in [-0.39, 0.29) is 11.6 Å². The minimum absolute atomic E-state index is 0.225. The van der Waals surface area contributed by atoms with Gasteiger partial charge in [-0.15, -0.1) is 5.10 Å². The van der Waals surface area contributed by atoms with Crippen molar-refractivity contribution in [2.45, 2.75) is 30.8 Å². The van der Waals surface area contributed by atoms with Crippen LogP contribution in [0.4, 0.5) is 22.1 Å². The minimum Gasteiger partial charge on any atom is -0.363 e. The number of carbonyl (C=O) groups excluding carboxylic acids is 1. The van der Waals surface area contributed by atoms with E-state index in [0.29, 0.717) is 23.2 Å². The number of hydrogen-bond acceptors (Lipinski definition) is 6. The van der Waals surface area contributed by atoms with Crippen molar-refractivity contribution in [3.05, 3.63) is 60.3 Å². The monoisotopic (exact) mass is 409 g/mol. The number of piperidine rings is 1. The molecule has 3 aromatic rings. The van der Waals surface area contributed by atoms with Crippen LogP contribution in [0.15, 0.2) is 54.7 Å². The number of aromatic nitrogens is 3. The zero-order valence-corrected chi connectivity index (χ0v) is 16.7. The van der Waals surface area contributed by atoms with Gasteiger partial charge in [-0.05, 0) is 55.7 Å². The van der Waals surface area contributed by atoms with E-state index in [0.717, 1.165) is 42.8 Å². The maximum Gasteiger partial charge on any atom is 0.329 e. The van der Waals surface area contributed by atoms with E-state index in [1.165, 1.54) is 0 Å². The van der Waals surface area contributed by atoms with Crippen LogP contribution < -0.4 is 15.1 Å². The molecule has 1 unspecified atom stereocenters. The highest BCUT2D eigenvalue weighted by molar-refractivity contribution is 6.06. The summed E-state index contributed by atoms with van der Waals surface area (Å²) in [6, 6.07) is 17.1. The fourth-order valence-corrected chi connectivity index (χ4v) is 5.08. The second-order valence-corrected chi connectivity index (χ2v) is 8.23. The van der Waals surface area contributed by atoms with Gasteiger partial charge in [0.1, 0.15) is 0 Å². The van der Waals surface area contributed by atoms with Gasteiger partial charge < -0.3 is 4.90 Å². The Morgan fingerprint density at radius 1 is 1.23 bits per heavy atom. The average molecular weight is 409 g/mol. The van der Waals surface area contributed by atoms with Crippen molar-refractivity contribution in [2.75, 3.05) is 21.7 Å². The van der Waals surface area contributed by atoms with Gasteiger partial charge in [0.05, 0.1) is 34.6 Å². The number of carbonyl (C=O) groups is 1. The Labute approximate surface area is 179 Å². The first kappa shape index (κ1) is 17.8. The molecular weight excluding hydrogens is 390 g/mol. The quantitative estimate of drug-likeness (QED) is 0.695. The lowest BCUT2D eigenvalue weighted by Crippen LogP contribution is -2.56. The number of pyridine rings is 1. The van der Waals surface area contributed by atoms with Gasteiger partial charge in [-0.3, -0.25) is 10.2 Å². The number of hydrogen-bond donors (Lipinski definition) is 1. The minimum atomic E-state index is -0.235. The summed E-state index contributed by atoms with van der Waals surface area (Å²) in [5.41, 5.74) is 2.93. The van der Waals surface area contributed by atoms with Crippen LogP contribution in [0.3, 0.4) is 0 Å². The van der Waals surface area contributed by atoms with Crippen LogP contribution in [0.5, 0.6) is 0 Å². The molecule has 1 aromatic carbocycles. The van der Waals surface area contributed by atoms with Gasteiger partial charge in [-0.2, -0.15) is 10.4 Å². The molecule has 4 heterocycles. The van der Waals surface area contributed by atoms with Crippen molar-refractivity contribution in [3.63, 3.8) is 0 Å². The van der Waals surface area contributed by atoms with Gasteiger partial charge in [-0.1, -0.05) is 12.1 Å². The maximum absolute atomic E-state index is 13.5. The summed E-state index contributed by atoms with van der Waals surface area (Å²) < 4.78 is 0. The molecule has 1 N–H and O–H groups in total. The standard InChI is InChI=1S/C23H19N7O/c24-14-15-4-1-5-16(12-15)17-7-8-18-21(26-17)30(22(31)27-20-6-2-10-25-28-20)23-9-3-11-29(18)19(23)13-23/h1-2,4-8,10,12,19H,3,9,11,13H2,(H,27,28,31)/t19-,23?/m1/s1. The first-order valence-electron chi connectivity index (χ1n) is 10.4. The molecule has 6 rings (SSSR count). The molecule has 8 nitrogen and oxygen atoms in total. The number of anilines is 3. The van der Waals surface area contributed by atoms with Crippen LogP contribution in [0.25, 0.3) is 11.3 Å². The molecule has 2 amide bonds. The molecule has 2 aliphatic heterocycles. The number of rotatable bonds is 2. The normalized spacial score (nSPS) is 22.7. The largest absolute Gasteiger partial charge is 0.363 e. The molecule has 0 radical (unpaired) electrons. The Morgan fingerprint density at radius 2 is 2.16 bits per heavy atom. The van der Waals surface area contributed by atoms with Crippen molar-refractivity contribution >= 4 is 23.4 Å². The molecular formula is C23H19N7O. The van der Waals surface area contributed by atoms with E-state index in [1.54, 1.807) is 24.4 Å². The topological polar surface area (TPSA) is 98.0 Å². The SMILES string of the molecule is N#Cc1cccc(-c2ccc3c(n2)N(C(=O)Nc2cccnn2)C24CCCN3[C@@H]2C4)c1. The lowest BCUT2D eigenvalue weighted by molar-refractivity contribution is 0.251. The molecule has 0 spiro atoms. The predicted octanol–water partition coefficient (Wildman–Crippen LogP) is 3.57. The third-order valence-electron chi connectivity index (χ3n) is 6.51. The van der Waals surface area contributed by atoms with Gasteiger partial charge >= 0.3 is 6.03 Å². The number of urea groups is 1. The molecule has 2 bridgehead atoms. The zero-order chi connectivity index (χ0) is 21.0. The molecule has 31 heavy (non-hydrogen) atoms. The van der Waals surface area contributed by atoms with Gasteiger partial charge in [-0.25, -0.2) is 9.78 Å². The highest BCUT2D eigenvalue weighted by Gasteiger charge is 2.67. The predicted molar refractivity (Wildman–Crippen MR) is 116 cm³/mol. The summed E-state index contributed by atoms with van der Waals surface area (Å²) in [5.74, 6) is 1.08. The van der Waals surface area contributed by atoms with E-state index < -0.39 is 0 Å². The number of benzene rings is 1. The Bertz CT molecular complexity index is 1240. The van der Waals surface area contributed by atoms with Crippen LogP contribution in [-0.4, -0.2) is 39.3 Å². The number of nitrogens with zero attached hydrogens (tertiary/aromatic N) is 6. The van der Waals surface area contributed by atoms with E-state index in [1.807, 2.05) is 35.2 Å². The lowest BCUT2D eigenvalue weighted by atomic mass is 9.98. The lowest BCUT2D eigenvalue weighted by Gasteiger charge is -2.45. The number of amides is 2. The van der Waals surface area contributed by atoms with E-state index >= 15 is 0 Å². The van der Waals surface area contributed by atoms with Crippen molar-refractivity contribution in [3.8, 4) is 17.3 Å². The van der Waals surface area contributed by atoms with Gasteiger partial charge in [0.15, 0.2) is 11.6 Å². The summed E-state index contributed by atoms with van der Waals surface area (Å²) >= 11 is 0. The smallest absolute Gasteiger partial charge is 0.329 e. The summed E-state index contributed by atoms with van der Waals surface area (Å²) in [4.78, 5) is 22.6. The first-order valence-corrected chi connectivity index (χ1v) is 10.4. The molecule has 3 aliphatic rings. The van der Waals surface area contributed by atoms with E-state index in [2.05, 4.69) is 26.5 Å². The third-order valence-corrected chi connectivity index (χ3v) is 6.51. The summed E-state index contributed by atoms with van der Waals surface area (Å²) in [6.07, 6.45) is 4.51. The molecule has 1 saturated heterocycles. The average Bonchev–Trinajstić information content (AvgIpc) is 3.56. The summed E-state index contributed by atoms with van der Waals surface area (Å²) in [7, 11) is 0. The van der Waals surface area contributed by atoms with Crippen molar-refractivity contribution in [2.24, 2.45) is 0 Å². The van der Waals surface area contributed by atoms with E-state index in [9.17, 15) is 10.1 Å². The van der Waals surface area contributed by atoms with Crippen molar-refractivity contribution < 1.29 is 4.79 Å². The van der Waals surface area contributed by atoms with Crippen molar-refractivity contribution in [1.29, 1.82) is 5.26 Å². The third kappa shape index (κ3) is 2.66. The van der Waals surface area contributed by atoms with Crippen LogP contribution in [0.1, 0.15) is 24.8 Å². The Kier molecular flexibility index (Phi) is 3.74. The van der Waals surface area contributed by atoms with Gasteiger partial charge in [0.2, 0.25) is 0 Å². The summed E-state index contributed by atoms with van der Waals surface area (Å²) in [6.45, 7) is 0.976. The second kappa shape index (κ2) is 6.51. The fraction of sp³-hybridized carbons (Fsp3) is 0.261. The molecule has 1 aliphatic carbocycles. The van der Waals surface area contributed by atoms with Crippen LogP contribution in [-0.2, 0) is 0 Å². The maximum atomic E-state index is 13.5. The second-order valence-electron chi connectivity index (χ2n) is 8.23. The number of nitriles is 1. The number of fused-ring (bicyclic) bond motifs is 2. The van der Waals surface area contributed by atoms with E-state index in [4.69, 9.17) is 4.98 Å². The Hall–Kier alpha value is -3.99. The van der Waals surface area contributed by atoms with Crippen LogP contribution >= 0.6 is 0 Å². The van der Waals surface area contributed by atoms with Crippen LogP contribution in [0.2, 0.25) is 0 Å². The molecule has 2 aromatic heterocycles. The highest BCUT2D eigenvalue weighted by Crippen LogP contribution is 2.60.